The van der Waals surface area contributed by atoms with Crippen molar-refractivity contribution in [1.29, 1.82) is 0 Å². The molecule has 2 rings (SSSR count). The molecule has 8 heteroatoms. The maximum atomic E-state index is 12.2. The summed E-state index contributed by atoms with van der Waals surface area (Å²) in [6, 6.07) is 14.3. The van der Waals surface area contributed by atoms with E-state index in [2.05, 4.69) is 5.32 Å². The summed E-state index contributed by atoms with van der Waals surface area (Å²) in [5.41, 5.74) is 1.69. The highest BCUT2D eigenvalue weighted by atomic mass is 32.2. The molecule has 0 spiro atoms. The lowest BCUT2D eigenvalue weighted by molar-refractivity contribution is -0.121. The van der Waals surface area contributed by atoms with Crippen molar-refractivity contribution < 1.29 is 22.7 Å². The van der Waals surface area contributed by atoms with E-state index in [0.29, 0.717) is 24.5 Å². The van der Waals surface area contributed by atoms with Crippen LogP contribution in [0.5, 0.6) is 11.5 Å². The smallest absolute Gasteiger partial charge is 0.232 e. The molecule has 0 bridgehead atoms. The van der Waals surface area contributed by atoms with E-state index in [1.54, 1.807) is 31.4 Å². The Balaban J connectivity index is 1.80. The number of sulfonamides is 1. The number of nitrogens with one attached hydrogen (secondary N) is 1. The minimum Gasteiger partial charge on any atom is -0.497 e. The fourth-order valence-corrected chi connectivity index (χ4v) is 3.83. The van der Waals surface area contributed by atoms with Gasteiger partial charge in [0.25, 0.3) is 0 Å². The van der Waals surface area contributed by atoms with E-state index in [1.165, 1.54) is 4.31 Å². The molecule has 1 N–H and O–H groups in total. The van der Waals surface area contributed by atoms with Crippen LogP contribution < -0.4 is 19.1 Å². The zero-order valence-electron chi connectivity index (χ0n) is 17.9. The largest absolute Gasteiger partial charge is 0.497 e. The Morgan fingerprint density at radius 2 is 1.67 bits per heavy atom. The van der Waals surface area contributed by atoms with Gasteiger partial charge in [-0.15, -0.1) is 0 Å². The summed E-state index contributed by atoms with van der Waals surface area (Å²) in [7, 11) is -1.91. The molecule has 30 heavy (non-hydrogen) atoms. The molecule has 2 aromatic carbocycles. The Morgan fingerprint density at radius 1 is 1.07 bits per heavy atom. The van der Waals surface area contributed by atoms with Crippen LogP contribution in [0.3, 0.4) is 0 Å². The number of amides is 1. The van der Waals surface area contributed by atoms with Crippen LogP contribution in [0.2, 0.25) is 0 Å². The minimum absolute atomic E-state index is 0.141. The lowest BCUT2D eigenvalue weighted by Crippen LogP contribution is -2.37. The van der Waals surface area contributed by atoms with E-state index in [4.69, 9.17) is 9.47 Å². The lowest BCUT2D eigenvalue weighted by atomic mass is 10.2. The van der Waals surface area contributed by atoms with Crippen LogP contribution in [-0.4, -0.2) is 46.9 Å². The molecular weight excluding hydrogens is 404 g/mol. The zero-order chi connectivity index (χ0) is 22.1. The first-order valence-corrected chi connectivity index (χ1v) is 11.6. The van der Waals surface area contributed by atoms with Gasteiger partial charge in [-0.2, -0.15) is 0 Å². The molecule has 164 valence electrons. The molecule has 0 saturated carbocycles. The van der Waals surface area contributed by atoms with Gasteiger partial charge in [0.15, 0.2) is 0 Å². The van der Waals surface area contributed by atoms with E-state index >= 15 is 0 Å². The summed E-state index contributed by atoms with van der Waals surface area (Å²) in [6.45, 7) is 4.45. The number of hydrogen-bond donors (Lipinski definition) is 1. The molecule has 0 unspecified atom stereocenters. The molecule has 0 fully saturated rings. The Morgan fingerprint density at radius 3 is 2.23 bits per heavy atom. The van der Waals surface area contributed by atoms with Crippen molar-refractivity contribution in [3.05, 3.63) is 54.1 Å². The number of ether oxygens (including phenoxy) is 2. The molecule has 7 nitrogen and oxygen atoms in total. The second-order valence-electron chi connectivity index (χ2n) is 7.23. The SMILES string of the molecule is COc1ccc(N(CCCC(=O)N[C@H](C)COc2ccc(C)cc2)S(C)(=O)=O)cc1. The lowest BCUT2D eigenvalue weighted by Gasteiger charge is -2.22. The van der Waals surface area contributed by atoms with Gasteiger partial charge in [0, 0.05) is 13.0 Å². The van der Waals surface area contributed by atoms with E-state index < -0.39 is 10.0 Å². The van der Waals surface area contributed by atoms with Gasteiger partial charge in [-0.1, -0.05) is 17.7 Å². The first-order valence-electron chi connectivity index (χ1n) is 9.79. The van der Waals surface area contributed by atoms with Crippen LogP contribution in [0.25, 0.3) is 0 Å². The monoisotopic (exact) mass is 434 g/mol. The summed E-state index contributed by atoms with van der Waals surface area (Å²) in [5, 5.41) is 2.88. The van der Waals surface area contributed by atoms with E-state index in [9.17, 15) is 13.2 Å². The number of carbonyl (C=O) groups excluding carboxylic acids is 1. The third kappa shape index (κ3) is 7.59. The Hall–Kier alpha value is -2.74. The van der Waals surface area contributed by atoms with Crippen LogP contribution in [0, 0.1) is 6.92 Å². The summed E-state index contributed by atoms with van der Waals surface area (Å²) in [4.78, 5) is 12.2. The number of nitrogens with zero attached hydrogens (tertiary/aromatic N) is 1. The standard InChI is InChI=1S/C22H30N2O5S/c1-17-7-11-21(12-8-17)29-16-18(2)23-22(25)6-5-15-24(30(4,26)27)19-9-13-20(28-3)14-10-19/h7-14,18H,5-6,15-16H2,1-4H3,(H,23,25)/t18-/m1/s1. The first kappa shape index (κ1) is 23.5. The average molecular weight is 435 g/mol. The second-order valence-corrected chi connectivity index (χ2v) is 9.14. The summed E-state index contributed by atoms with van der Waals surface area (Å²) >= 11 is 0. The molecule has 0 aliphatic heterocycles. The van der Waals surface area contributed by atoms with Crippen molar-refractivity contribution in [2.45, 2.75) is 32.7 Å². The maximum Gasteiger partial charge on any atom is 0.232 e. The average Bonchev–Trinajstić information content (AvgIpc) is 2.70. The van der Waals surface area contributed by atoms with Gasteiger partial charge < -0.3 is 14.8 Å². The normalized spacial score (nSPS) is 12.1. The Kier molecular flexibility index (Phi) is 8.53. The van der Waals surface area contributed by atoms with Gasteiger partial charge in [0.05, 0.1) is 25.1 Å². The van der Waals surface area contributed by atoms with Gasteiger partial charge in [-0.3, -0.25) is 9.10 Å². The van der Waals surface area contributed by atoms with Crippen molar-refractivity contribution in [3.8, 4) is 11.5 Å². The Labute approximate surface area is 179 Å². The van der Waals surface area contributed by atoms with Crippen molar-refractivity contribution in [1.82, 2.24) is 5.32 Å². The number of anilines is 1. The van der Waals surface area contributed by atoms with Gasteiger partial charge in [-0.25, -0.2) is 8.42 Å². The predicted molar refractivity (Wildman–Crippen MR) is 119 cm³/mol. The highest BCUT2D eigenvalue weighted by molar-refractivity contribution is 7.92. The number of rotatable bonds is 11. The number of benzene rings is 2. The quantitative estimate of drug-likeness (QED) is 0.587. The molecule has 2 aromatic rings. The second kappa shape index (κ2) is 10.9. The van der Waals surface area contributed by atoms with Gasteiger partial charge in [0.2, 0.25) is 15.9 Å². The molecule has 1 atom stereocenters. The van der Waals surface area contributed by atoms with E-state index in [1.807, 2.05) is 38.1 Å². The van der Waals surface area contributed by atoms with E-state index in [-0.39, 0.29) is 24.9 Å². The van der Waals surface area contributed by atoms with Crippen molar-refractivity contribution >= 4 is 21.6 Å². The zero-order valence-corrected chi connectivity index (χ0v) is 18.7. The fraction of sp³-hybridized carbons (Fsp3) is 0.409. The minimum atomic E-state index is -3.46. The van der Waals surface area contributed by atoms with Gasteiger partial charge in [0.1, 0.15) is 18.1 Å². The van der Waals surface area contributed by atoms with Crippen LogP contribution in [0.15, 0.2) is 48.5 Å². The van der Waals surface area contributed by atoms with Crippen molar-refractivity contribution in [2.24, 2.45) is 0 Å². The molecule has 0 radical (unpaired) electrons. The number of aryl methyl sites for hydroxylation is 1. The molecule has 0 aliphatic rings. The third-order valence-electron chi connectivity index (χ3n) is 4.45. The molecular formula is C22H30N2O5S. The van der Waals surface area contributed by atoms with Crippen molar-refractivity contribution in [3.63, 3.8) is 0 Å². The van der Waals surface area contributed by atoms with Crippen LogP contribution in [-0.2, 0) is 14.8 Å². The summed E-state index contributed by atoms with van der Waals surface area (Å²) in [6.07, 6.45) is 1.77. The maximum absolute atomic E-state index is 12.2. The fourth-order valence-electron chi connectivity index (χ4n) is 2.86. The summed E-state index contributed by atoms with van der Waals surface area (Å²) in [5.74, 6) is 1.26. The molecule has 1 amide bonds. The van der Waals surface area contributed by atoms with Crippen LogP contribution in [0.4, 0.5) is 5.69 Å². The number of methoxy groups -OCH3 is 1. The predicted octanol–water partition coefficient (Wildman–Crippen LogP) is 3.13. The Bertz CT molecular complexity index is 912. The van der Waals surface area contributed by atoms with Crippen LogP contribution in [0.1, 0.15) is 25.3 Å². The first-order chi connectivity index (χ1) is 14.2. The number of hydrogen-bond acceptors (Lipinski definition) is 5. The van der Waals surface area contributed by atoms with Crippen molar-refractivity contribution in [2.75, 3.05) is 30.8 Å². The van der Waals surface area contributed by atoms with Crippen LogP contribution >= 0.6 is 0 Å². The highest BCUT2D eigenvalue weighted by Gasteiger charge is 2.18. The highest BCUT2D eigenvalue weighted by Crippen LogP contribution is 2.22. The van der Waals surface area contributed by atoms with Gasteiger partial charge in [-0.05, 0) is 56.7 Å². The van der Waals surface area contributed by atoms with Gasteiger partial charge >= 0.3 is 0 Å². The molecule has 0 heterocycles. The molecule has 0 aromatic heterocycles. The molecule has 0 aliphatic carbocycles. The topological polar surface area (TPSA) is 84.9 Å². The molecule has 0 saturated heterocycles. The third-order valence-corrected chi connectivity index (χ3v) is 5.65. The van der Waals surface area contributed by atoms with E-state index in [0.717, 1.165) is 17.6 Å². The summed E-state index contributed by atoms with van der Waals surface area (Å²) < 4.78 is 36.4. The number of carbonyl (C=O) groups is 1.